The third-order valence-corrected chi connectivity index (χ3v) is 1.73. The van der Waals surface area contributed by atoms with E-state index >= 15 is 0 Å². The molecule has 0 amide bonds. The summed E-state index contributed by atoms with van der Waals surface area (Å²) < 4.78 is 0.580. The fourth-order valence-electron chi connectivity index (χ4n) is 0.332. The Hall–Kier alpha value is 0.140. The number of aromatic nitrogens is 2. The average Bonchev–Trinajstić information content (AvgIpc) is 1.80. The van der Waals surface area contributed by atoms with Gasteiger partial charge in [0.2, 0.25) is 0 Å². The van der Waals surface area contributed by atoms with Crippen LogP contribution in [0.15, 0.2) is 10.7 Å². The molecule has 1 aromatic heterocycles. The van der Waals surface area contributed by atoms with Gasteiger partial charge in [-0.2, -0.15) is 0 Å². The van der Waals surface area contributed by atoms with Crippen molar-refractivity contribution >= 4 is 39.1 Å². The minimum Gasteiger partial charge on any atom is -0.142 e. The van der Waals surface area contributed by atoms with Gasteiger partial charge in [-0.15, -0.1) is 10.2 Å². The Morgan fingerprint density at radius 3 is 2.44 bits per heavy atom. The molecule has 0 aliphatic rings. The smallest absolute Gasteiger partial charge is 0.142 e. The van der Waals surface area contributed by atoms with E-state index in [4.69, 9.17) is 23.2 Å². The highest BCUT2D eigenvalue weighted by atomic mass is 79.9. The Labute approximate surface area is 70.3 Å². The molecule has 5 heteroatoms. The lowest BCUT2D eigenvalue weighted by molar-refractivity contribution is 1.01. The minimum absolute atomic E-state index is 0.222. The summed E-state index contributed by atoms with van der Waals surface area (Å²) in [7, 11) is 0. The van der Waals surface area contributed by atoms with E-state index in [1.165, 1.54) is 0 Å². The lowest BCUT2D eigenvalue weighted by Gasteiger charge is -1.90. The molecular weight excluding hydrogens is 227 g/mol. The van der Waals surface area contributed by atoms with E-state index in [1.807, 2.05) is 0 Å². The van der Waals surface area contributed by atoms with E-state index in [1.54, 1.807) is 6.07 Å². The van der Waals surface area contributed by atoms with Crippen LogP contribution in [0.1, 0.15) is 0 Å². The first-order chi connectivity index (χ1) is 4.20. The van der Waals surface area contributed by atoms with Crippen LogP contribution in [0.5, 0.6) is 0 Å². The summed E-state index contributed by atoms with van der Waals surface area (Å²) in [6.07, 6.45) is 0. The van der Waals surface area contributed by atoms with Crippen LogP contribution in [-0.4, -0.2) is 10.2 Å². The van der Waals surface area contributed by atoms with Crippen LogP contribution in [-0.2, 0) is 0 Å². The summed E-state index contributed by atoms with van der Waals surface area (Å²) in [4.78, 5) is 0. The molecule has 0 saturated heterocycles. The maximum atomic E-state index is 5.55. The number of hydrogen-bond donors (Lipinski definition) is 0. The van der Waals surface area contributed by atoms with E-state index in [0.717, 1.165) is 0 Å². The summed E-state index contributed by atoms with van der Waals surface area (Å²) in [5, 5.41) is 7.73. The lowest BCUT2D eigenvalue weighted by Crippen LogP contribution is -1.82. The fraction of sp³-hybridized carbons (Fsp3) is 0. The molecular formula is C4HBrCl2N2. The average molecular weight is 228 g/mol. The minimum atomic E-state index is 0.222. The standard InChI is InChI=1S/C4HBrCl2N2/c5-3-1-2(6)4(7)9-8-3/h1H. The van der Waals surface area contributed by atoms with Crippen LogP contribution in [0.3, 0.4) is 0 Å². The summed E-state index contributed by atoms with van der Waals surface area (Å²) in [6, 6.07) is 1.58. The van der Waals surface area contributed by atoms with Gasteiger partial charge in [0, 0.05) is 0 Å². The number of nitrogens with zero attached hydrogens (tertiary/aromatic N) is 2. The zero-order valence-corrected chi connectivity index (χ0v) is 7.20. The fourth-order valence-corrected chi connectivity index (χ4v) is 1.01. The van der Waals surface area contributed by atoms with Gasteiger partial charge in [-0.25, -0.2) is 0 Å². The molecule has 0 atom stereocenters. The first kappa shape index (κ1) is 7.25. The van der Waals surface area contributed by atoms with Crippen molar-refractivity contribution in [2.45, 2.75) is 0 Å². The van der Waals surface area contributed by atoms with Crippen molar-refractivity contribution in [2.75, 3.05) is 0 Å². The molecule has 1 rings (SSSR count). The van der Waals surface area contributed by atoms with E-state index in [0.29, 0.717) is 9.63 Å². The van der Waals surface area contributed by atoms with Gasteiger partial charge in [-0.3, -0.25) is 0 Å². The van der Waals surface area contributed by atoms with Gasteiger partial charge in [0.05, 0.1) is 5.02 Å². The highest BCUT2D eigenvalue weighted by Gasteiger charge is 1.98. The van der Waals surface area contributed by atoms with E-state index in [9.17, 15) is 0 Å². The second kappa shape index (κ2) is 2.82. The first-order valence-electron chi connectivity index (χ1n) is 2.04. The molecule has 0 aliphatic carbocycles. The molecule has 0 aromatic carbocycles. The van der Waals surface area contributed by atoms with E-state index < -0.39 is 0 Å². The summed E-state index contributed by atoms with van der Waals surface area (Å²) >= 11 is 14.1. The second-order valence-electron chi connectivity index (χ2n) is 1.31. The molecule has 2 nitrogen and oxygen atoms in total. The molecule has 48 valence electrons. The first-order valence-corrected chi connectivity index (χ1v) is 3.59. The van der Waals surface area contributed by atoms with Crippen LogP contribution in [0.2, 0.25) is 10.2 Å². The van der Waals surface area contributed by atoms with Crippen LogP contribution < -0.4 is 0 Å². The van der Waals surface area contributed by atoms with Crippen molar-refractivity contribution in [2.24, 2.45) is 0 Å². The SMILES string of the molecule is Clc1cc(Br)nnc1Cl. The van der Waals surface area contributed by atoms with Gasteiger partial charge in [-0.05, 0) is 22.0 Å². The molecule has 0 fully saturated rings. The van der Waals surface area contributed by atoms with E-state index in [-0.39, 0.29) is 5.15 Å². The zero-order valence-electron chi connectivity index (χ0n) is 4.11. The number of halogens is 3. The predicted molar refractivity (Wildman–Crippen MR) is 39.8 cm³/mol. The summed E-state index contributed by atoms with van der Waals surface area (Å²) in [5.74, 6) is 0. The molecule has 9 heavy (non-hydrogen) atoms. The largest absolute Gasteiger partial charge is 0.170 e. The predicted octanol–water partition coefficient (Wildman–Crippen LogP) is 2.55. The Morgan fingerprint density at radius 1 is 1.33 bits per heavy atom. The molecule has 0 aliphatic heterocycles. The van der Waals surface area contributed by atoms with Crippen molar-refractivity contribution in [3.05, 3.63) is 20.8 Å². The van der Waals surface area contributed by atoms with Crippen LogP contribution in [0.4, 0.5) is 0 Å². The molecule has 0 spiro atoms. The highest BCUT2D eigenvalue weighted by molar-refractivity contribution is 9.10. The van der Waals surface area contributed by atoms with Gasteiger partial charge in [0.1, 0.15) is 4.60 Å². The normalized spacial score (nSPS) is 9.67. The summed E-state index contributed by atoms with van der Waals surface area (Å²) in [6.45, 7) is 0. The molecule has 0 N–H and O–H groups in total. The molecule has 1 heterocycles. The van der Waals surface area contributed by atoms with Crippen molar-refractivity contribution in [3.63, 3.8) is 0 Å². The highest BCUT2D eigenvalue weighted by Crippen LogP contribution is 2.19. The molecule has 0 unspecified atom stereocenters. The van der Waals surface area contributed by atoms with Crippen LogP contribution in [0.25, 0.3) is 0 Å². The maximum Gasteiger partial charge on any atom is 0.170 e. The van der Waals surface area contributed by atoms with Gasteiger partial charge in [0.15, 0.2) is 5.15 Å². The molecule has 0 radical (unpaired) electrons. The molecule has 0 saturated carbocycles. The topological polar surface area (TPSA) is 25.8 Å². The number of hydrogen-bond acceptors (Lipinski definition) is 2. The van der Waals surface area contributed by atoms with Crippen molar-refractivity contribution in [1.82, 2.24) is 10.2 Å². The Kier molecular flexibility index (Phi) is 2.27. The Morgan fingerprint density at radius 2 is 2.00 bits per heavy atom. The van der Waals surface area contributed by atoms with Crippen molar-refractivity contribution < 1.29 is 0 Å². The van der Waals surface area contributed by atoms with Crippen molar-refractivity contribution in [1.29, 1.82) is 0 Å². The maximum absolute atomic E-state index is 5.55. The quantitative estimate of drug-likeness (QED) is 0.681. The van der Waals surface area contributed by atoms with Gasteiger partial charge in [0.25, 0.3) is 0 Å². The van der Waals surface area contributed by atoms with Crippen molar-refractivity contribution in [3.8, 4) is 0 Å². The monoisotopic (exact) mass is 226 g/mol. The Balaban J connectivity index is 3.17. The second-order valence-corrected chi connectivity index (χ2v) is 2.88. The third kappa shape index (κ3) is 1.78. The number of rotatable bonds is 0. The lowest BCUT2D eigenvalue weighted by atomic mass is 10.6. The molecule has 1 aromatic rings. The van der Waals surface area contributed by atoms with Gasteiger partial charge >= 0.3 is 0 Å². The van der Waals surface area contributed by atoms with Crippen LogP contribution >= 0.6 is 39.1 Å². The van der Waals surface area contributed by atoms with Gasteiger partial charge < -0.3 is 0 Å². The Bertz CT molecular complexity index is 228. The van der Waals surface area contributed by atoms with Crippen LogP contribution in [0, 0.1) is 0 Å². The van der Waals surface area contributed by atoms with Gasteiger partial charge in [-0.1, -0.05) is 23.2 Å². The van der Waals surface area contributed by atoms with E-state index in [2.05, 4.69) is 26.1 Å². The zero-order chi connectivity index (χ0) is 6.85. The molecule has 0 bridgehead atoms. The summed E-state index contributed by atoms with van der Waals surface area (Å²) in [5.41, 5.74) is 0. The third-order valence-electron chi connectivity index (χ3n) is 0.676.